The Morgan fingerprint density at radius 1 is 0.792 bits per heavy atom. The molecule has 0 bridgehead atoms. The fourth-order valence-electron chi connectivity index (χ4n) is 2.34. The zero-order chi connectivity index (χ0) is 16.2. The second-order valence-corrected chi connectivity index (χ2v) is 6.20. The van der Waals surface area contributed by atoms with Gasteiger partial charge in [-0.3, -0.25) is 0 Å². The van der Waals surface area contributed by atoms with Gasteiger partial charge in [0.15, 0.2) is 0 Å². The molecule has 4 nitrogen and oxygen atoms in total. The maximum atomic E-state index is 4.69. The first kappa shape index (κ1) is 14.5. The molecule has 0 atom stereocenters. The van der Waals surface area contributed by atoms with Crippen LogP contribution in [0.4, 0.5) is 16.5 Å². The summed E-state index contributed by atoms with van der Waals surface area (Å²) >= 11 is 1.57. The fraction of sp³-hybridized carbons (Fsp3) is 0. The Balaban J connectivity index is 1.76. The lowest BCUT2D eigenvalue weighted by atomic mass is 10.3. The van der Waals surface area contributed by atoms with E-state index in [4.69, 9.17) is 5.11 Å². The minimum absolute atomic E-state index is 0.712. The van der Waals surface area contributed by atoms with Crippen LogP contribution in [-0.4, -0.2) is 9.79 Å². The second-order valence-electron chi connectivity index (χ2n) is 5.19. The van der Waals surface area contributed by atoms with Crippen LogP contribution >= 0.6 is 11.3 Å². The maximum Gasteiger partial charge on any atom is 0.279 e. The van der Waals surface area contributed by atoms with Gasteiger partial charge in [0.2, 0.25) is 0 Å². The van der Waals surface area contributed by atoms with Gasteiger partial charge in [-0.1, -0.05) is 59.9 Å². The molecule has 4 rings (SSSR count). The van der Waals surface area contributed by atoms with E-state index in [0.717, 1.165) is 21.6 Å². The lowest BCUT2D eigenvalue weighted by Crippen LogP contribution is -2.11. The molecule has 4 aromatic rings. The van der Waals surface area contributed by atoms with Crippen LogP contribution in [0.3, 0.4) is 0 Å². The largest absolute Gasteiger partial charge is 0.279 e. The third-order valence-corrected chi connectivity index (χ3v) is 4.40. The molecule has 1 aromatic heterocycles. The highest BCUT2D eigenvalue weighted by Gasteiger charge is 2.14. The summed E-state index contributed by atoms with van der Waals surface area (Å²) in [5.41, 5.74) is 6.20. The lowest BCUT2D eigenvalue weighted by molar-refractivity contribution is -0.475. The third kappa shape index (κ3) is 3.16. The first-order valence-electron chi connectivity index (χ1n) is 7.62. The number of para-hydroxylation sites is 3. The van der Waals surface area contributed by atoms with Gasteiger partial charge in [-0.15, -0.1) is 5.43 Å². The van der Waals surface area contributed by atoms with Gasteiger partial charge >= 0.3 is 0 Å². The van der Waals surface area contributed by atoms with Gasteiger partial charge in [0.05, 0.1) is 21.0 Å². The molecule has 0 fully saturated rings. The predicted octanol–water partition coefficient (Wildman–Crippen LogP) is 5.75. The molecule has 1 heterocycles. The fourth-order valence-corrected chi connectivity index (χ4v) is 3.17. The topological polar surface area (TPSA) is 40.3 Å². The number of nitrogens with zero attached hydrogens (tertiary/aromatic N) is 3. The van der Waals surface area contributed by atoms with Crippen LogP contribution in [0.1, 0.15) is 0 Å². The summed E-state index contributed by atoms with van der Waals surface area (Å²) in [6, 6.07) is 28.0. The highest BCUT2D eigenvalue weighted by Crippen LogP contribution is 2.29. The molecular formula is C19H15N4S+. The molecule has 0 radical (unpaired) electrons. The molecule has 3 aromatic carbocycles. The first-order chi connectivity index (χ1) is 11.9. The highest BCUT2D eigenvalue weighted by molar-refractivity contribution is 7.21. The number of thiazole rings is 1. The van der Waals surface area contributed by atoms with Crippen molar-refractivity contribution in [3.05, 3.63) is 84.9 Å². The summed E-state index contributed by atoms with van der Waals surface area (Å²) in [5, 5.41) is 5.40. The minimum Gasteiger partial charge on any atom is -0.213 e. The number of aromatic nitrogens is 1. The monoisotopic (exact) mass is 331 g/mol. The van der Waals surface area contributed by atoms with E-state index < -0.39 is 0 Å². The van der Waals surface area contributed by atoms with E-state index in [-0.39, 0.29) is 0 Å². The summed E-state index contributed by atoms with van der Waals surface area (Å²) in [5.74, 6) is 0. The van der Waals surface area contributed by atoms with Crippen LogP contribution in [0.15, 0.2) is 90.0 Å². The molecule has 0 unspecified atom stereocenters. The van der Waals surface area contributed by atoms with Crippen molar-refractivity contribution < 1.29 is 4.81 Å². The van der Waals surface area contributed by atoms with Crippen LogP contribution < -0.4 is 5.43 Å². The van der Waals surface area contributed by atoms with Gasteiger partial charge in [0.1, 0.15) is 0 Å². The SMILES string of the molecule is c1ccc(N[N+](=Nc2nc3ccccc3s2)c2ccccc2)cc1. The summed E-state index contributed by atoms with van der Waals surface area (Å²) < 4.78 is 1.13. The summed E-state index contributed by atoms with van der Waals surface area (Å²) in [6.45, 7) is 0. The number of hydrogen-bond donors (Lipinski definition) is 1. The van der Waals surface area contributed by atoms with Crippen molar-refractivity contribution >= 4 is 38.1 Å². The van der Waals surface area contributed by atoms with E-state index in [1.165, 1.54) is 0 Å². The van der Waals surface area contributed by atoms with E-state index in [0.29, 0.717) is 5.13 Å². The first-order valence-corrected chi connectivity index (χ1v) is 8.44. The van der Waals surface area contributed by atoms with E-state index in [1.54, 1.807) is 16.1 Å². The van der Waals surface area contributed by atoms with Gasteiger partial charge < -0.3 is 0 Å². The molecular weight excluding hydrogens is 316 g/mol. The van der Waals surface area contributed by atoms with Crippen molar-refractivity contribution in [3.63, 3.8) is 0 Å². The average Bonchev–Trinajstić information content (AvgIpc) is 3.05. The minimum atomic E-state index is 0.712. The van der Waals surface area contributed by atoms with E-state index >= 15 is 0 Å². The number of hydrazine groups is 1. The Hall–Kier alpha value is -3.05. The molecule has 5 heteroatoms. The normalized spacial score (nSPS) is 11.6. The quantitative estimate of drug-likeness (QED) is 0.294. The van der Waals surface area contributed by atoms with Gasteiger partial charge in [-0.25, -0.2) is 4.98 Å². The van der Waals surface area contributed by atoms with Crippen LogP contribution in [-0.2, 0) is 0 Å². The smallest absolute Gasteiger partial charge is 0.213 e. The third-order valence-electron chi connectivity index (χ3n) is 3.48. The summed E-state index contributed by atoms with van der Waals surface area (Å²) in [6.07, 6.45) is 0. The Morgan fingerprint density at radius 3 is 2.21 bits per heavy atom. The molecule has 0 saturated heterocycles. The van der Waals surface area contributed by atoms with Gasteiger partial charge in [-0.2, -0.15) is 0 Å². The van der Waals surface area contributed by atoms with Crippen LogP contribution in [0.2, 0.25) is 0 Å². The van der Waals surface area contributed by atoms with Gasteiger partial charge in [0, 0.05) is 16.9 Å². The van der Waals surface area contributed by atoms with E-state index in [1.807, 2.05) is 78.9 Å². The lowest BCUT2D eigenvalue weighted by Gasteiger charge is -2.01. The van der Waals surface area contributed by atoms with Gasteiger partial charge in [-0.05, 0) is 24.3 Å². The van der Waals surface area contributed by atoms with Gasteiger partial charge in [0.25, 0.3) is 10.8 Å². The maximum absolute atomic E-state index is 4.69. The molecule has 1 N–H and O–H groups in total. The number of fused-ring (bicyclic) bond motifs is 1. The van der Waals surface area contributed by atoms with Crippen molar-refractivity contribution in [2.45, 2.75) is 0 Å². The summed E-state index contributed by atoms with van der Waals surface area (Å²) in [4.78, 5) is 6.35. The van der Waals surface area contributed by atoms with Crippen LogP contribution in [0.5, 0.6) is 0 Å². The molecule has 0 aliphatic rings. The van der Waals surface area contributed by atoms with Crippen LogP contribution in [0.25, 0.3) is 10.2 Å². The highest BCUT2D eigenvalue weighted by atomic mass is 32.1. The van der Waals surface area contributed by atoms with Crippen LogP contribution in [0, 0.1) is 0 Å². The Kier molecular flexibility index (Phi) is 4.00. The number of azo groups is 1. The summed E-state index contributed by atoms with van der Waals surface area (Å²) in [7, 11) is 0. The Bertz CT molecular complexity index is 945. The van der Waals surface area contributed by atoms with E-state index in [9.17, 15) is 0 Å². The second kappa shape index (κ2) is 6.60. The van der Waals surface area contributed by atoms with Crippen molar-refractivity contribution in [2.24, 2.45) is 5.11 Å². The molecule has 0 spiro atoms. The average molecular weight is 331 g/mol. The van der Waals surface area contributed by atoms with E-state index in [2.05, 4.69) is 16.5 Å². The zero-order valence-corrected chi connectivity index (χ0v) is 13.6. The molecule has 116 valence electrons. The van der Waals surface area contributed by atoms with Crippen molar-refractivity contribution in [2.75, 3.05) is 5.43 Å². The molecule has 0 saturated carbocycles. The zero-order valence-electron chi connectivity index (χ0n) is 12.8. The molecule has 0 aliphatic carbocycles. The molecule has 24 heavy (non-hydrogen) atoms. The number of hydrogen-bond acceptors (Lipinski definition) is 3. The number of benzene rings is 3. The van der Waals surface area contributed by atoms with Crippen molar-refractivity contribution in [1.82, 2.24) is 4.98 Å². The number of rotatable bonds is 4. The molecule has 0 amide bonds. The number of nitrogens with one attached hydrogen (secondary N) is 1. The van der Waals surface area contributed by atoms with Crippen molar-refractivity contribution in [1.29, 1.82) is 0 Å². The van der Waals surface area contributed by atoms with Crippen molar-refractivity contribution in [3.8, 4) is 0 Å². The standard InChI is InChI=1S/C19H15N4S/c1-3-9-15(10-4-1)21-23(16-11-5-2-6-12-16)22-19-20-17-13-7-8-14-18(17)24-19/h1-14H,(H,20,21,22)/q+1. The Labute approximate surface area is 143 Å². The molecule has 0 aliphatic heterocycles. The predicted molar refractivity (Wildman–Crippen MR) is 98.1 cm³/mol. The number of anilines is 1. The Morgan fingerprint density at radius 2 is 1.46 bits per heavy atom.